The van der Waals surface area contributed by atoms with Crippen molar-refractivity contribution in [3.05, 3.63) is 0 Å². The lowest BCUT2D eigenvalue weighted by Crippen LogP contribution is -2.55. The minimum absolute atomic E-state index is 0.0215. The van der Waals surface area contributed by atoms with Crippen LogP contribution < -0.4 is 0 Å². The Morgan fingerprint density at radius 1 is 1.18 bits per heavy atom. The summed E-state index contributed by atoms with van der Waals surface area (Å²) in [7, 11) is 0. The fourth-order valence-corrected chi connectivity index (χ4v) is 5.66. The first kappa shape index (κ1) is 16.4. The Labute approximate surface area is 141 Å². The number of nitrogens with zero attached hydrogens (tertiary/aromatic N) is 2. The molecule has 0 aromatic carbocycles. The van der Waals surface area contributed by atoms with Crippen LogP contribution >= 0.6 is 23.4 Å². The molecule has 1 spiro atoms. The van der Waals surface area contributed by atoms with E-state index in [2.05, 4.69) is 4.90 Å². The molecular weight excluding hydrogens is 320 g/mol. The van der Waals surface area contributed by atoms with Crippen molar-refractivity contribution in [3.63, 3.8) is 0 Å². The van der Waals surface area contributed by atoms with E-state index in [1.807, 2.05) is 16.7 Å². The van der Waals surface area contributed by atoms with Crippen LogP contribution in [0.1, 0.15) is 45.4 Å². The third kappa shape index (κ3) is 2.99. The topological polar surface area (TPSA) is 40.6 Å². The molecular formula is C16H25ClN2O2S. The molecule has 0 bridgehead atoms. The van der Waals surface area contributed by atoms with Crippen LogP contribution in [0.3, 0.4) is 0 Å². The highest BCUT2D eigenvalue weighted by Crippen LogP contribution is 2.45. The van der Waals surface area contributed by atoms with Crippen molar-refractivity contribution in [1.82, 2.24) is 9.80 Å². The summed E-state index contributed by atoms with van der Waals surface area (Å²) in [4.78, 5) is 28.8. The summed E-state index contributed by atoms with van der Waals surface area (Å²) in [6.45, 7) is 4.04. The summed E-state index contributed by atoms with van der Waals surface area (Å²) in [5.41, 5.74) is 0. The lowest BCUT2D eigenvalue weighted by Gasteiger charge is -2.45. The molecule has 2 aliphatic heterocycles. The molecule has 3 aliphatic rings. The van der Waals surface area contributed by atoms with Crippen LogP contribution in [0.2, 0.25) is 0 Å². The first-order valence-electron chi connectivity index (χ1n) is 8.42. The lowest BCUT2D eigenvalue weighted by molar-refractivity contribution is -0.140. The highest BCUT2D eigenvalue weighted by Gasteiger charge is 2.48. The highest BCUT2D eigenvalue weighted by molar-refractivity contribution is 8.00. The van der Waals surface area contributed by atoms with Crippen LogP contribution in [-0.4, -0.2) is 57.2 Å². The molecule has 1 atom stereocenters. The number of halogens is 1. The maximum absolute atomic E-state index is 12.9. The van der Waals surface area contributed by atoms with E-state index in [0.717, 1.165) is 51.1 Å². The van der Waals surface area contributed by atoms with Crippen LogP contribution in [0.15, 0.2) is 0 Å². The molecule has 3 fully saturated rings. The third-order valence-corrected chi connectivity index (χ3v) is 7.08. The Hall–Kier alpha value is -0.420. The van der Waals surface area contributed by atoms with Crippen LogP contribution in [0.25, 0.3) is 0 Å². The fraction of sp³-hybridized carbons (Fsp3) is 0.875. The van der Waals surface area contributed by atoms with Crippen molar-refractivity contribution in [1.29, 1.82) is 0 Å². The van der Waals surface area contributed by atoms with Gasteiger partial charge in [0.25, 0.3) is 0 Å². The summed E-state index contributed by atoms with van der Waals surface area (Å²) < 4.78 is 0. The molecule has 1 aliphatic carbocycles. The summed E-state index contributed by atoms with van der Waals surface area (Å²) in [5.74, 6) is 1.66. The minimum Gasteiger partial charge on any atom is -0.341 e. The van der Waals surface area contributed by atoms with Crippen molar-refractivity contribution in [2.45, 2.75) is 55.7 Å². The molecule has 2 saturated heterocycles. The molecule has 1 unspecified atom stereocenters. The number of piperidine rings is 1. The van der Waals surface area contributed by atoms with Gasteiger partial charge < -0.3 is 9.80 Å². The molecule has 2 heterocycles. The normalized spacial score (nSPS) is 26.6. The van der Waals surface area contributed by atoms with Crippen molar-refractivity contribution in [2.75, 3.05) is 25.4 Å². The van der Waals surface area contributed by atoms with E-state index < -0.39 is 5.38 Å². The summed E-state index contributed by atoms with van der Waals surface area (Å²) in [6, 6.07) is 0. The van der Waals surface area contributed by atoms with Gasteiger partial charge in [-0.15, -0.1) is 23.4 Å². The predicted octanol–water partition coefficient (Wildman–Crippen LogP) is 2.70. The Morgan fingerprint density at radius 3 is 2.41 bits per heavy atom. The van der Waals surface area contributed by atoms with E-state index in [9.17, 15) is 9.59 Å². The van der Waals surface area contributed by atoms with Gasteiger partial charge in [-0.25, -0.2) is 0 Å². The SMILES string of the molecule is CC(Cl)C(=O)N1CCC2(CC1)SCCN2C(=O)C1CCCC1. The number of thioether (sulfide) groups is 1. The molecule has 6 heteroatoms. The van der Waals surface area contributed by atoms with Gasteiger partial charge in [0, 0.05) is 31.3 Å². The second-order valence-corrected chi connectivity index (χ2v) is 8.82. The zero-order valence-corrected chi connectivity index (χ0v) is 14.8. The smallest absolute Gasteiger partial charge is 0.240 e. The second kappa shape index (κ2) is 6.60. The van der Waals surface area contributed by atoms with E-state index in [4.69, 9.17) is 11.6 Å². The fourth-order valence-electron chi connectivity index (χ4n) is 4.06. The van der Waals surface area contributed by atoms with E-state index in [-0.39, 0.29) is 16.7 Å². The third-order valence-electron chi connectivity index (χ3n) is 5.34. The summed E-state index contributed by atoms with van der Waals surface area (Å²) in [6.07, 6.45) is 6.27. The summed E-state index contributed by atoms with van der Waals surface area (Å²) >= 11 is 7.83. The van der Waals surface area contributed by atoms with Gasteiger partial charge in [0.05, 0.1) is 4.87 Å². The van der Waals surface area contributed by atoms with Gasteiger partial charge in [0.1, 0.15) is 5.38 Å². The largest absolute Gasteiger partial charge is 0.341 e. The molecule has 0 N–H and O–H groups in total. The van der Waals surface area contributed by atoms with Gasteiger partial charge in [-0.05, 0) is 32.6 Å². The molecule has 1 saturated carbocycles. The van der Waals surface area contributed by atoms with Crippen molar-refractivity contribution < 1.29 is 9.59 Å². The number of likely N-dealkylation sites (tertiary alicyclic amines) is 1. The monoisotopic (exact) mass is 344 g/mol. The van der Waals surface area contributed by atoms with E-state index in [0.29, 0.717) is 5.91 Å². The molecule has 124 valence electrons. The van der Waals surface area contributed by atoms with Gasteiger partial charge >= 0.3 is 0 Å². The van der Waals surface area contributed by atoms with Gasteiger partial charge in [0.2, 0.25) is 11.8 Å². The Kier molecular flexibility index (Phi) is 4.93. The number of hydrogen-bond acceptors (Lipinski definition) is 3. The van der Waals surface area contributed by atoms with E-state index >= 15 is 0 Å². The van der Waals surface area contributed by atoms with Gasteiger partial charge in [-0.2, -0.15) is 0 Å². The second-order valence-electron chi connectivity index (χ2n) is 6.71. The maximum atomic E-state index is 12.9. The Bertz CT molecular complexity index is 443. The van der Waals surface area contributed by atoms with Crippen molar-refractivity contribution >= 4 is 35.2 Å². The zero-order valence-electron chi connectivity index (χ0n) is 13.2. The van der Waals surface area contributed by atoms with Crippen LogP contribution in [0, 0.1) is 5.92 Å². The molecule has 22 heavy (non-hydrogen) atoms. The van der Waals surface area contributed by atoms with Crippen molar-refractivity contribution in [2.24, 2.45) is 5.92 Å². The standard InChI is InChI=1S/C16H25ClN2O2S/c1-12(17)14(20)18-8-6-16(7-9-18)19(10-11-22-16)15(21)13-4-2-3-5-13/h12-13H,2-11H2,1H3. The predicted molar refractivity (Wildman–Crippen MR) is 90.0 cm³/mol. The van der Waals surface area contributed by atoms with Crippen molar-refractivity contribution in [3.8, 4) is 0 Å². The first-order valence-corrected chi connectivity index (χ1v) is 9.84. The van der Waals surface area contributed by atoms with Crippen LogP contribution in [0.5, 0.6) is 0 Å². The number of amides is 2. The number of alkyl halides is 1. The lowest BCUT2D eigenvalue weighted by atomic mass is 9.98. The molecule has 0 aromatic rings. The molecule has 0 radical (unpaired) electrons. The maximum Gasteiger partial charge on any atom is 0.240 e. The quantitative estimate of drug-likeness (QED) is 0.723. The number of carbonyl (C=O) groups excluding carboxylic acids is 2. The first-order chi connectivity index (χ1) is 10.5. The van der Waals surface area contributed by atoms with E-state index in [1.54, 1.807) is 6.92 Å². The zero-order chi connectivity index (χ0) is 15.7. The molecule has 2 amide bonds. The Balaban J connectivity index is 1.65. The van der Waals surface area contributed by atoms with Gasteiger partial charge in [-0.3, -0.25) is 9.59 Å². The summed E-state index contributed by atoms with van der Waals surface area (Å²) in [5, 5.41) is -0.457. The molecule has 4 nitrogen and oxygen atoms in total. The van der Waals surface area contributed by atoms with E-state index in [1.165, 1.54) is 12.8 Å². The van der Waals surface area contributed by atoms with Crippen LogP contribution in [0.4, 0.5) is 0 Å². The molecule has 3 rings (SSSR count). The minimum atomic E-state index is -0.457. The van der Waals surface area contributed by atoms with Crippen LogP contribution in [-0.2, 0) is 9.59 Å². The average Bonchev–Trinajstić information content (AvgIpc) is 3.17. The van der Waals surface area contributed by atoms with Gasteiger partial charge in [0.15, 0.2) is 0 Å². The van der Waals surface area contributed by atoms with Gasteiger partial charge in [-0.1, -0.05) is 12.8 Å². The Morgan fingerprint density at radius 2 is 1.82 bits per heavy atom. The molecule has 0 aromatic heterocycles. The number of hydrogen-bond donors (Lipinski definition) is 0. The highest BCUT2D eigenvalue weighted by atomic mass is 35.5. The number of rotatable bonds is 2. The average molecular weight is 345 g/mol. The number of carbonyl (C=O) groups is 2.